The lowest BCUT2D eigenvalue weighted by molar-refractivity contribution is 0.0735. The maximum atomic E-state index is 12.8. The molecule has 1 saturated heterocycles. The summed E-state index contributed by atoms with van der Waals surface area (Å²) in [5, 5.41) is 12.1. The minimum Gasteiger partial charge on any atom is -0.329 e. The fourth-order valence-corrected chi connectivity index (χ4v) is 4.18. The van der Waals surface area contributed by atoms with Crippen molar-refractivity contribution in [3.63, 3.8) is 0 Å². The summed E-state index contributed by atoms with van der Waals surface area (Å²) in [5.74, 6) is -0.296. The summed E-state index contributed by atoms with van der Waals surface area (Å²) in [6.45, 7) is 2.68. The van der Waals surface area contributed by atoms with Crippen LogP contribution in [0, 0.1) is 6.92 Å². The largest absolute Gasteiger partial charge is 0.329 e. The number of carbonyl (C=O) groups excluding carboxylic acids is 2. The van der Waals surface area contributed by atoms with E-state index in [-0.39, 0.29) is 17.9 Å². The lowest BCUT2D eigenvalue weighted by Gasteiger charge is -2.22. The Hall–Kier alpha value is -3.06. The highest BCUT2D eigenvalue weighted by Gasteiger charge is 2.33. The molecule has 1 atom stereocenters. The number of aromatic nitrogens is 2. The van der Waals surface area contributed by atoms with Crippen molar-refractivity contribution in [3.8, 4) is 0 Å². The summed E-state index contributed by atoms with van der Waals surface area (Å²) in [7, 11) is 0. The van der Waals surface area contributed by atoms with Crippen LogP contribution in [0.5, 0.6) is 0 Å². The summed E-state index contributed by atoms with van der Waals surface area (Å²) >= 11 is 1.25. The zero-order valence-electron chi connectivity index (χ0n) is 15.5. The average molecular weight is 392 g/mol. The van der Waals surface area contributed by atoms with Crippen LogP contribution in [0.25, 0.3) is 0 Å². The van der Waals surface area contributed by atoms with Crippen LogP contribution in [0.4, 0.5) is 5.69 Å². The number of carbonyl (C=O) groups is 2. The number of likely N-dealkylation sites (tertiary alicyclic amines) is 1. The molecular weight excluding hydrogens is 372 g/mol. The van der Waals surface area contributed by atoms with Crippen molar-refractivity contribution in [2.45, 2.75) is 25.8 Å². The molecule has 2 amide bonds. The molecule has 6 nitrogen and oxygen atoms in total. The highest BCUT2D eigenvalue weighted by molar-refractivity contribution is 7.13. The van der Waals surface area contributed by atoms with Crippen molar-refractivity contribution >= 4 is 28.8 Å². The quantitative estimate of drug-likeness (QED) is 0.726. The van der Waals surface area contributed by atoms with Gasteiger partial charge in [0.25, 0.3) is 11.8 Å². The molecule has 0 radical (unpaired) electrons. The van der Waals surface area contributed by atoms with Crippen molar-refractivity contribution < 1.29 is 9.59 Å². The average Bonchev–Trinajstić information content (AvgIpc) is 3.39. The number of anilines is 1. The summed E-state index contributed by atoms with van der Waals surface area (Å²) in [6.07, 6.45) is 1.74. The molecule has 0 saturated carbocycles. The van der Waals surface area contributed by atoms with E-state index in [1.807, 2.05) is 66.4 Å². The monoisotopic (exact) mass is 392 g/mol. The van der Waals surface area contributed by atoms with Crippen LogP contribution >= 0.6 is 11.3 Å². The van der Waals surface area contributed by atoms with Crippen LogP contribution in [0.2, 0.25) is 0 Å². The molecule has 1 aromatic heterocycles. The highest BCUT2D eigenvalue weighted by atomic mass is 32.1. The Labute approximate surface area is 167 Å². The van der Waals surface area contributed by atoms with Crippen LogP contribution in [-0.2, 0) is 0 Å². The van der Waals surface area contributed by atoms with E-state index < -0.39 is 0 Å². The van der Waals surface area contributed by atoms with Crippen molar-refractivity contribution in [1.29, 1.82) is 0 Å². The Bertz CT molecular complexity index is 985. The Morgan fingerprint density at radius 2 is 1.82 bits per heavy atom. The Balaban J connectivity index is 1.49. The maximum Gasteiger partial charge on any atom is 0.286 e. The van der Waals surface area contributed by atoms with Gasteiger partial charge in [0.2, 0.25) is 5.01 Å². The second-order valence-electron chi connectivity index (χ2n) is 6.79. The first-order valence-electron chi connectivity index (χ1n) is 9.19. The van der Waals surface area contributed by atoms with Gasteiger partial charge in [0.05, 0.1) is 6.04 Å². The van der Waals surface area contributed by atoms with Gasteiger partial charge in [-0.1, -0.05) is 47.2 Å². The molecule has 0 spiro atoms. The first-order chi connectivity index (χ1) is 13.6. The second kappa shape index (κ2) is 7.90. The molecule has 2 heterocycles. The first kappa shape index (κ1) is 18.3. The van der Waals surface area contributed by atoms with Gasteiger partial charge in [-0.25, -0.2) is 0 Å². The molecule has 1 aliphatic rings. The van der Waals surface area contributed by atoms with E-state index in [0.29, 0.717) is 27.8 Å². The molecule has 3 aromatic rings. The van der Waals surface area contributed by atoms with Crippen molar-refractivity contribution in [1.82, 2.24) is 15.1 Å². The van der Waals surface area contributed by atoms with E-state index >= 15 is 0 Å². The van der Waals surface area contributed by atoms with Gasteiger partial charge in [-0.05, 0) is 44.0 Å². The fraction of sp³-hybridized carbons (Fsp3) is 0.238. The van der Waals surface area contributed by atoms with E-state index in [0.717, 1.165) is 18.4 Å². The van der Waals surface area contributed by atoms with Crippen LogP contribution in [-0.4, -0.2) is 33.5 Å². The molecule has 142 valence electrons. The number of hydrogen-bond acceptors (Lipinski definition) is 5. The zero-order chi connectivity index (χ0) is 19.5. The first-order valence-corrected chi connectivity index (χ1v) is 10.0. The molecule has 4 rings (SSSR count). The van der Waals surface area contributed by atoms with Gasteiger partial charge in [0.15, 0.2) is 0 Å². The van der Waals surface area contributed by atoms with E-state index in [9.17, 15) is 9.59 Å². The van der Waals surface area contributed by atoms with Gasteiger partial charge in [0, 0.05) is 17.8 Å². The molecular formula is C21H20N4O2S. The van der Waals surface area contributed by atoms with E-state index in [2.05, 4.69) is 15.5 Å². The molecule has 0 aliphatic carbocycles. The SMILES string of the molecule is Cc1ccc(NC(=O)c2nnc([C@@H]3CCCN3C(=O)c3ccccc3)s2)cc1. The molecule has 28 heavy (non-hydrogen) atoms. The molecule has 0 unspecified atom stereocenters. The molecule has 7 heteroatoms. The normalized spacial score (nSPS) is 16.2. The van der Waals surface area contributed by atoms with E-state index in [1.54, 1.807) is 0 Å². The number of hydrogen-bond donors (Lipinski definition) is 1. The number of nitrogens with zero attached hydrogens (tertiary/aromatic N) is 3. The lowest BCUT2D eigenvalue weighted by Crippen LogP contribution is -2.30. The second-order valence-corrected chi connectivity index (χ2v) is 7.80. The maximum absolute atomic E-state index is 12.8. The van der Waals surface area contributed by atoms with E-state index in [1.165, 1.54) is 11.3 Å². The van der Waals surface area contributed by atoms with Crippen LogP contribution in [0.3, 0.4) is 0 Å². The van der Waals surface area contributed by atoms with Gasteiger partial charge < -0.3 is 10.2 Å². The lowest BCUT2D eigenvalue weighted by atomic mass is 10.2. The third-order valence-corrected chi connectivity index (χ3v) is 5.79. The van der Waals surface area contributed by atoms with Crippen molar-refractivity contribution in [3.05, 3.63) is 75.7 Å². The number of amides is 2. The molecule has 1 N–H and O–H groups in total. The highest BCUT2D eigenvalue weighted by Crippen LogP contribution is 2.34. The molecule has 1 aliphatic heterocycles. The van der Waals surface area contributed by atoms with Gasteiger partial charge in [-0.15, -0.1) is 10.2 Å². The number of rotatable bonds is 4. The topological polar surface area (TPSA) is 75.2 Å². The smallest absolute Gasteiger partial charge is 0.286 e. The summed E-state index contributed by atoms with van der Waals surface area (Å²) in [4.78, 5) is 27.2. The van der Waals surface area contributed by atoms with Crippen molar-refractivity contribution in [2.75, 3.05) is 11.9 Å². The van der Waals surface area contributed by atoms with Gasteiger partial charge in [-0.2, -0.15) is 0 Å². The number of nitrogens with one attached hydrogen (secondary N) is 1. The summed E-state index contributed by atoms with van der Waals surface area (Å²) in [6, 6.07) is 16.7. The third kappa shape index (κ3) is 3.80. The third-order valence-electron chi connectivity index (χ3n) is 4.76. The standard InChI is InChI=1S/C21H20N4O2S/c1-14-9-11-16(12-10-14)22-18(26)20-24-23-19(28-20)17-8-5-13-25(17)21(27)15-6-3-2-4-7-15/h2-4,6-7,9-12,17H,5,8,13H2,1H3,(H,22,26)/t17-/m0/s1. The van der Waals surface area contributed by atoms with Crippen LogP contribution in [0.15, 0.2) is 54.6 Å². The van der Waals surface area contributed by atoms with Gasteiger partial charge in [-0.3, -0.25) is 9.59 Å². The minimum absolute atomic E-state index is 0.0102. The van der Waals surface area contributed by atoms with Crippen LogP contribution < -0.4 is 5.32 Å². The molecule has 1 fully saturated rings. The van der Waals surface area contributed by atoms with Crippen LogP contribution in [0.1, 0.15) is 49.6 Å². The summed E-state index contributed by atoms with van der Waals surface area (Å²) in [5.41, 5.74) is 2.51. The fourth-order valence-electron chi connectivity index (χ4n) is 3.30. The zero-order valence-corrected chi connectivity index (χ0v) is 16.3. The minimum atomic E-state index is -0.286. The molecule has 0 bridgehead atoms. The Kier molecular flexibility index (Phi) is 5.16. The Morgan fingerprint density at radius 1 is 1.07 bits per heavy atom. The summed E-state index contributed by atoms with van der Waals surface area (Å²) < 4.78 is 0. The molecule has 2 aromatic carbocycles. The Morgan fingerprint density at radius 3 is 2.57 bits per heavy atom. The van der Waals surface area contributed by atoms with E-state index in [4.69, 9.17) is 0 Å². The van der Waals surface area contributed by atoms with Gasteiger partial charge >= 0.3 is 0 Å². The number of aryl methyl sites for hydroxylation is 1. The van der Waals surface area contributed by atoms with Gasteiger partial charge in [0.1, 0.15) is 5.01 Å². The van der Waals surface area contributed by atoms with Crippen molar-refractivity contribution in [2.24, 2.45) is 0 Å². The predicted octanol–water partition coefficient (Wildman–Crippen LogP) is 4.08. The number of benzene rings is 2. The predicted molar refractivity (Wildman–Crippen MR) is 108 cm³/mol.